The highest BCUT2D eigenvalue weighted by Crippen LogP contribution is 2.18. The molecule has 2 aromatic rings. The number of rotatable bonds is 4. The van der Waals surface area contributed by atoms with Crippen molar-refractivity contribution in [1.29, 1.82) is 0 Å². The smallest absolute Gasteiger partial charge is 0.266 e. The minimum atomic E-state index is -0.0453. The van der Waals surface area contributed by atoms with E-state index >= 15 is 0 Å². The maximum atomic E-state index is 11.8. The van der Waals surface area contributed by atoms with Crippen LogP contribution < -0.4 is 5.56 Å². The van der Waals surface area contributed by atoms with E-state index in [9.17, 15) is 4.79 Å². The summed E-state index contributed by atoms with van der Waals surface area (Å²) in [4.78, 5) is 16.0. The zero-order valence-electron chi connectivity index (χ0n) is 12.6. The maximum absolute atomic E-state index is 11.8. The van der Waals surface area contributed by atoms with Crippen molar-refractivity contribution in [3.63, 3.8) is 0 Å². The molecule has 0 amide bonds. The van der Waals surface area contributed by atoms with Gasteiger partial charge in [0.15, 0.2) is 0 Å². The van der Waals surface area contributed by atoms with Gasteiger partial charge in [-0.3, -0.25) is 4.79 Å². The highest BCUT2D eigenvalue weighted by Gasteiger charge is 2.16. The van der Waals surface area contributed by atoms with Gasteiger partial charge in [-0.2, -0.15) is 5.10 Å². The molecule has 108 valence electrons. The second-order valence-corrected chi connectivity index (χ2v) is 6.05. The van der Waals surface area contributed by atoms with Crippen molar-refractivity contribution in [2.24, 2.45) is 0 Å². The van der Waals surface area contributed by atoms with Crippen molar-refractivity contribution in [2.45, 2.75) is 52.6 Å². The lowest BCUT2D eigenvalue weighted by Gasteiger charge is -2.18. The third-order valence-electron chi connectivity index (χ3n) is 3.33. The molecule has 0 radical (unpaired) electrons. The first-order valence-corrected chi connectivity index (χ1v) is 6.94. The largest absolute Gasteiger partial charge is 0.335 e. The minimum absolute atomic E-state index is 0.0413. The summed E-state index contributed by atoms with van der Waals surface area (Å²) in [7, 11) is 0. The van der Waals surface area contributed by atoms with Crippen molar-refractivity contribution in [3.8, 4) is 0 Å². The van der Waals surface area contributed by atoms with Crippen molar-refractivity contribution in [1.82, 2.24) is 19.3 Å². The molecular weight excluding hydrogens is 252 g/mol. The van der Waals surface area contributed by atoms with E-state index in [4.69, 9.17) is 0 Å². The van der Waals surface area contributed by atoms with Gasteiger partial charge in [0.1, 0.15) is 5.82 Å². The molecule has 0 fully saturated rings. The third-order valence-corrected chi connectivity index (χ3v) is 3.33. The SMILES string of the molecule is Cc1nccn1CCCn1nc(C(C)(C)C)ccc1=O. The topological polar surface area (TPSA) is 52.7 Å². The van der Waals surface area contributed by atoms with Gasteiger partial charge in [-0.05, 0) is 19.4 Å². The van der Waals surface area contributed by atoms with E-state index in [0.717, 1.165) is 24.5 Å². The third kappa shape index (κ3) is 3.35. The Morgan fingerprint density at radius 1 is 1.20 bits per heavy atom. The van der Waals surface area contributed by atoms with Gasteiger partial charge in [-0.25, -0.2) is 9.67 Å². The Morgan fingerprint density at radius 2 is 1.95 bits per heavy atom. The molecule has 0 saturated carbocycles. The fourth-order valence-electron chi connectivity index (χ4n) is 2.04. The van der Waals surface area contributed by atoms with Crippen LogP contribution in [0.25, 0.3) is 0 Å². The average Bonchev–Trinajstić information content (AvgIpc) is 2.76. The Hall–Kier alpha value is -1.91. The van der Waals surface area contributed by atoms with Crippen molar-refractivity contribution >= 4 is 0 Å². The number of hydrogen-bond acceptors (Lipinski definition) is 3. The molecule has 0 saturated heterocycles. The highest BCUT2D eigenvalue weighted by molar-refractivity contribution is 5.10. The van der Waals surface area contributed by atoms with Crippen LogP contribution in [0.5, 0.6) is 0 Å². The molecule has 2 heterocycles. The Kier molecular flexibility index (Phi) is 4.06. The quantitative estimate of drug-likeness (QED) is 0.858. The van der Waals surface area contributed by atoms with Crippen molar-refractivity contribution < 1.29 is 0 Å². The zero-order valence-corrected chi connectivity index (χ0v) is 12.6. The van der Waals surface area contributed by atoms with Crippen LogP contribution in [0, 0.1) is 6.92 Å². The first-order valence-electron chi connectivity index (χ1n) is 6.94. The van der Waals surface area contributed by atoms with Crippen LogP contribution in [0.4, 0.5) is 0 Å². The molecule has 0 spiro atoms. The van der Waals surface area contributed by atoms with Crippen LogP contribution in [-0.4, -0.2) is 19.3 Å². The lowest BCUT2D eigenvalue weighted by Crippen LogP contribution is -2.27. The number of hydrogen-bond donors (Lipinski definition) is 0. The predicted octanol–water partition coefficient (Wildman–Crippen LogP) is 2.14. The van der Waals surface area contributed by atoms with Gasteiger partial charge in [0.25, 0.3) is 5.56 Å². The first-order chi connectivity index (χ1) is 9.38. The Balaban J connectivity index is 2.06. The van der Waals surface area contributed by atoms with Gasteiger partial charge in [0.2, 0.25) is 0 Å². The molecule has 20 heavy (non-hydrogen) atoms. The number of imidazole rings is 1. The maximum Gasteiger partial charge on any atom is 0.266 e. The summed E-state index contributed by atoms with van der Waals surface area (Å²) in [5.41, 5.74) is 0.854. The first kappa shape index (κ1) is 14.5. The van der Waals surface area contributed by atoms with E-state index in [1.54, 1.807) is 16.9 Å². The minimum Gasteiger partial charge on any atom is -0.335 e. The Morgan fingerprint density at radius 3 is 2.55 bits per heavy atom. The van der Waals surface area contributed by atoms with Crippen LogP contribution in [0.15, 0.2) is 29.3 Å². The van der Waals surface area contributed by atoms with Crippen LogP contribution in [0.3, 0.4) is 0 Å². The summed E-state index contributed by atoms with van der Waals surface area (Å²) in [5, 5.41) is 4.46. The summed E-state index contributed by atoms with van der Waals surface area (Å²) in [5.74, 6) is 0.994. The number of aromatic nitrogens is 4. The van der Waals surface area contributed by atoms with E-state index in [-0.39, 0.29) is 11.0 Å². The second kappa shape index (κ2) is 5.61. The molecule has 0 aliphatic rings. The molecule has 0 unspecified atom stereocenters. The fourth-order valence-corrected chi connectivity index (χ4v) is 2.04. The molecule has 0 N–H and O–H groups in total. The Labute approximate surface area is 119 Å². The zero-order chi connectivity index (χ0) is 14.8. The monoisotopic (exact) mass is 274 g/mol. The Bertz CT molecular complexity index is 634. The molecule has 5 heteroatoms. The van der Waals surface area contributed by atoms with Gasteiger partial charge in [0, 0.05) is 37.0 Å². The van der Waals surface area contributed by atoms with Gasteiger partial charge >= 0.3 is 0 Å². The predicted molar refractivity (Wildman–Crippen MR) is 78.8 cm³/mol. The van der Waals surface area contributed by atoms with Gasteiger partial charge < -0.3 is 4.57 Å². The molecule has 0 aliphatic heterocycles. The summed E-state index contributed by atoms with van der Waals surface area (Å²) in [6, 6.07) is 3.43. The summed E-state index contributed by atoms with van der Waals surface area (Å²) >= 11 is 0. The summed E-state index contributed by atoms with van der Waals surface area (Å²) < 4.78 is 3.64. The molecule has 0 aliphatic carbocycles. The second-order valence-electron chi connectivity index (χ2n) is 6.05. The molecule has 2 aromatic heterocycles. The summed E-state index contributed by atoms with van der Waals surface area (Å²) in [6.07, 6.45) is 4.61. The highest BCUT2D eigenvalue weighted by atomic mass is 16.1. The molecule has 5 nitrogen and oxygen atoms in total. The van der Waals surface area contributed by atoms with E-state index in [0.29, 0.717) is 6.54 Å². The van der Waals surface area contributed by atoms with E-state index in [1.807, 2.05) is 19.2 Å². The standard InChI is InChI=1S/C15H22N4O/c1-12-16-8-11-18(12)9-5-10-19-14(20)7-6-13(17-19)15(2,3)4/h6-8,11H,5,9-10H2,1-4H3. The summed E-state index contributed by atoms with van der Waals surface area (Å²) in [6.45, 7) is 9.74. The molecule has 0 atom stereocenters. The molecule has 0 bridgehead atoms. The number of nitrogens with zero attached hydrogens (tertiary/aromatic N) is 4. The molecule has 2 rings (SSSR count). The normalized spacial score (nSPS) is 11.8. The van der Waals surface area contributed by atoms with Crippen LogP contribution in [0.1, 0.15) is 38.7 Å². The van der Waals surface area contributed by atoms with Crippen LogP contribution >= 0.6 is 0 Å². The molecule has 0 aromatic carbocycles. The van der Waals surface area contributed by atoms with E-state index in [2.05, 4.69) is 35.4 Å². The fraction of sp³-hybridized carbons (Fsp3) is 0.533. The average molecular weight is 274 g/mol. The van der Waals surface area contributed by atoms with Crippen LogP contribution in [-0.2, 0) is 18.5 Å². The van der Waals surface area contributed by atoms with Crippen molar-refractivity contribution in [3.05, 3.63) is 46.4 Å². The van der Waals surface area contributed by atoms with Gasteiger partial charge in [-0.1, -0.05) is 20.8 Å². The lowest BCUT2D eigenvalue weighted by molar-refractivity contribution is 0.469. The number of aryl methyl sites for hydroxylation is 3. The molecular formula is C15H22N4O. The van der Waals surface area contributed by atoms with Gasteiger partial charge in [0.05, 0.1) is 5.69 Å². The lowest BCUT2D eigenvalue weighted by atomic mass is 9.92. The van der Waals surface area contributed by atoms with E-state index < -0.39 is 0 Å². The van der Waals surface area contributed by atoms with E-state index in [1.165, 1.54) is 0 Å². The van der Waals surface area contributed by atoms with Crippen LogP contribution in [0.2, 0.25) is 0 Å². The van der Waals surface area contributed by atoms with Gasteiger partial charge in [-0.15, -0.1) is 0 Å². The van der Waals surface area contributed by atoms with Crippen molar-refractivity contribution in [2.75, 3.05) is 0 Å².